The van der Waals surface area contributed by atoms with Crippen molar-refractivity contribution < 1.29 is 10.0 Å². The van der Waals surface area contributed by atoms with Gasteiger partial charge in [-0.3, -0.25) is 4.99 Å². The molecule has 0 aliphatic carbocycles. The van der Waals surface area contributed by atoms with Gasteiger partial charge in [-0.25, -0.2) is 0 Å². The zero-order chi connectivity index (χ0) is 7.98. The predicted molar refractivity (Wildman–Crippen MR) is 42.9 cm³/mol. The van der Waals surface area contributed by atoms with E-state index in [1.54, 1.807) is 7.05 Å². The van der Waals surface area contributed by atoms with Gasteiger partial charge in [-0.1, -0.05) is 12.7 Å². The van der Waals surface area contributed by atoms with Gasteiger partial charge in [0.2, 0.25) is 0 Å². The molecule has 0 saturated heterocycles. The molecule has 0 aromatic rings. The van der Waals surface area contributed by atoms with E-state index in [4.69, 9.17) is 10.0 Å². The molecule has 0 spiro atoms. The summed E-state index contributed by atoms with van der Waals surface area (Å²) >= 11 is 0. The van der Waals surface area contributed by atoms with Crippen LogP contribution in [-0.2, 0) is 0 Å². The molecule has 0 unspecified atom stereocenters. The fourth-order valence-corrected chi connectivity index (χ4v) is 0.420. The molecule has 0 fully saturated rings. The highest BCUT2D eigenvalue weighted by Crippen LogP contribution is 1.94. The smallest absolute Gasteiger partial charge is 0.423 e. The molecule has 0 aromatic carbocycles. The molecule has 0 aliphatic rings. The Morgan fingerprint density at radius 2 is 2.20 bits per heavy atom. The van der Waals surface area contributed by atoms with E-state index in [2.05, 4.69) is 11.6 Å². The van der Waals surface area contributed by atoms with Gasteiger partial charge in [0.25, 0.3) is 0 Å². The van der Waals surface area contributed by atoms with E-state index >= 15 is 0 Å². The van der Waals surface area contributed by atoms with Gasteiger partial charge in [-0.15, -0.1) is 0 Å². The van der Waals surface area contributed by atoms with E-state index in [1.807, 2.05) is 0 Å². The van der Waals surface area contributed by atoms with Crippen molar-refractivity contribution in [3.63, 3.8) is 0 Å². The first-order chi connectivity index (χ1) is 4.72. The molecule has 0 atom stereocenters. The molecule has 3 nitrogen and oxygen atoms in total. The number of hydrogen-bond donors (Lipinski definition) is 2. The van der Waals surface area contributed by atoms with Gasteiger partial charge in [0, 0.05) is 13.3 Å². The molecule has 0 aliphatic heterocycles. The van der Waals surface area contributed by atoms with Crippen LogP contribution >= 0.6 is 0 Å². The Labute approximate surface area is 60.6 Å². The zero-order valence-corrected chi connectivity index (χ0v) is 5.86. The Hall–Kier alpha value is -0.865. The van der Waals surface area contributed by atoms with Crippen LogP contribution in [0.2, 0.25) is 0 Å². The fourth-order valence-electron chi connectivity index (χ4n) is 0.420. The normalized spacial score (nSPS) is 12.1. The first-order valence-corrected chi connectivity index (χ1v) is 2.83. The minimum Gasteiger partial charge on any atom is -0.423 e. The topological polar surface area (TPSA) is 52.8 Å². The largest absolute Gasteiger partial charge is 0.488 e. The van der Waals surface area contributed by atoms with Gasteiger partial charge >= 0.3 is 7.12 Å². The van der Waals surface area contributed by atoms with Crippen LogP contribution in [-0.4, -0.2) is 30.4 Å². The van der Waals surface area contributed by atoms with Crippen LogP contribution in [0.4, 0.5) is 0 Å². The van der Waals surface area contributed by atoms with Crippen molar-refractivity contribution in [1.29, 1.82) is 0 Å². The molecule has 4 heteroatoms. The van der Waals surface area contributed by atoms with Gasteiger partial charge in [-0.05, 0) is 11.5 Å². The Bertz CT molecular complexity index is 163. The second-order valence-corrected chi connectivity index (χ2v) is 1.65. The maximum Gasteiger partial charge on any atom is 0.488 e. The molecule has 0 amide bonds. The summed E-state index contributed by atoms with van der Waals surface area (Å²) in [5, 5.41) is 17.2. The van der Waals surface area contributed by atoms with Crippen LogP contribution < -0.4 is 0 Å². The van der Waals surface area contributed by atoms with Crippen LogP contribution in [0.15, 0.2) is 29.2 Å². The van der Waals surface area contributed by atoms with E-state index in [-0.39, 0.29) is 0 Å². The average Bonchev–Trinajstić information content (AvgIpc) is 1.89. The maximum absolute atomic E-state index is 8.59. The van der Waals surface area contributed by atoms with Crippen LogP contribution in [0.1, 0.15) is 0 Å². The SMILES string of the molecule is C=C/C(=C\C=NC)B(O)O. The third kappa shape index (κ3) is 3.22. The molecular formula is C6H10BNO2. The van der Waals surface area contributed by atoms with Gasteiger partial charge in [-0.2, -0.15) is 0 Å². The fraction of sp³-hybridized carbons (Fsp3) is 0.167. The lowest BCUT2D eigenvalue weighted by atomic mass is 9.79. The lowest BCUT2D eigenvalue weighted by Gasteiger charge is -1.94. The first kappa shape index (κ1) is 9.13. The Morgan fingerprint density at radius 3 is 2.50 bits per heavy atom. The van der Waals surface area contributed by atoms with Gasteiger partial charge < -0.3 is 10.0 Å². The molecule has 0 saturated carbocycles. The molecule has 54 valence electrons. The third-order valence-electron chi connectivity index (χ3n) is 0.950. The second kappa shape index (κ2) is 4.96. The minimum atomic E-state index is -1.46. The van der Waals surface area contributed by atoms with E-state index in [1.165, 1.54) is 18.4 Å². The number of hydrogen-bond acceptors (Lipinski definition) is 3. The summed E-state index contributed by atoms with van der Waals surface area (Å²) in [6, 6.07) is 0. The summed E-state index contributed by atoms with van der Waals surface area (Å²) in [6.45, 7) is 3.39. The molecule has 10 heavy (non-hydrogen) atoms. The molecule has 0 bridgehead atoms. The number of allylic oxidation sites excluding steroid dienone is 3. The van der Waals surface area contributed by atoms with Crippen molar-refractivity contribution in [2.45, 2.75) is 0 Å². The first-order valence-electron chi connectivity index (χ1n) is 2.83. The molecular weight excluding hydrogens is 129 g/mol. The molecule has 0 aromatic heterocycles. The van der Waals surface area contributed by atoms with Crippen molar-refractivity contribution in [2.24, 2.45) is 4.99 Å². The van der Waals surface area contributed by atoms with Gasteiger partial charge in [0.15, 0.2) is 0 Å². The lowest BCUT2D eigenvalue weighted by Crippen LogP contribution is -2.13. The van der Waals surface area contributed by atoms with Gasteiger partial charge in [0.1, 0.15) is 0 Å². The van der Waals surface area contributed by atoms with Crippen molar-refractivity contribution in [3.05, 3.63) is 24.2 Å². The van der Waals surface area contributed by atoms with Crippen molar-refractivity contribution in [1.82, 2.24) is 0 Å². The minimum absolute atomic E-state index is 0.339. The van der Waals surface area contributed by atoms with Crippen LogP contribution in [0.5, 0.6) is 0 Å². The van der Waals surface area contributed by atoms with Crippen LogP contribution in [0, 0.1) is 0 Å². The monoisotopic (exact) mass is 139 g/mol. The molecule has 0 heterocycles. The highest BCUT2D eigenvalue weighted by Gasteiger charge is 2.08. The van der Waals surface area contributed by atoms with Crippen LogP contribution in [0.3, 0.4) is 0 Å². The number of nitrogens with zero attached hydrogens (tertiary/aromatic N) is 1. The van der Waals surface area contributed by atoms with Gasteiger partial charge in [0.05, 0.1) is 0 Å². The van der Waals surface area contributed by atoms with Crippen molar-refractivity contribution in [2.75, 3.05) is 7.05 Å². The van der Waals surface area contributed by atoms with E-state index in [0.717, 1.165) is 0 Å². The predicted octanol–water partition coefficient (Wildman–Crippen LogP) is -0.189. The molecule has 0 rings (SSSR count). The number of rotatable bonds is 3. The molecule has 2 N–H and O–H groups in total. The summed E-state index contributed by atoms with van der Waals surface area (Å²) in [7, 11) is 0.136. The highest BCUT2D eigenvalue weighted by atomic mass is 16.4. The number of aliphatic imine (C=N–C) groups is 1. The van der Waals surface area contributed by atoms with E-state index < -0.39 is 7.12 Å². The Kier molecular flexibility index (Phi) is 4.53. The Morgan fingerprint density at radius 1 is 1.60 bits per heavy atom. The quantitative estimate of drug-likeness (QED) is 0.323. The second-order valence-electron chi connectivity index (χ2n) is 1.65. The summed E-state index contributed by atoms with van der Waals surface area (Å²) in [5.41, 5.74) is 0.339. The summed E-state index contributed by atoms with van der Waals surface area (Å²) in [6.07, 6.45) is 4.32. The third-order valence-corrected chi connectivity index (χ3v) is 0.950. The summed E-state index contributed by atoms with van der Waals surface area (Å²) < 4.78 is 0. The summed E-state index contributed by atoms with van der Waals surface area (Å²) in [5.74, 6) is 0. The standard InChI is InChI=1S/C6H10BNO2/c1-3-6(7(9)10)4-5-8-2/h3-5,9-10H,1H2,2H3/b6-4+,8-5?. The van der Waals surface area contributed by atoms with E-state index in [9.17, 15) is 0 Å². The van der Waals surface area contributed by atoms with Crippen LogP contribution in [0.25, 0.3) is 0 Å². The summed E-state index contributed by atoms with van der Waals surface area (Å²) in [4.78, 5) is 3.63. The highest BCUT2D eigenvalue weighted by molar-refractivity contribution is 6.52. The zero-order valence-electron chi connectivity index (χ0n) is 5.86. The average molecular weight is 139 g/mol. The van der Waals surface area contributed by atoms with Crippen molar-refractivity contribution >= 4 is 13.3 Å². The maximum atomic E-state index is 8.59. The molecule has 0 radical (unpaired) electrons. The lowest BCUT2D eigenvalue weighted by molar-refractivity contribution is 0.421. The Balaban J connectivity index is 4.18. The van der Waals surface area contributed by atoms with E-state index in [0.29, 0.717) is 5.47 Å². The van der Waals surface area contributed by atoms with Crippen molar-refractivity contribution in [3.8, 4) is 0 Å².